The van der Waals surface area contributed by atoms with Crippen molar-refractivity contribution in [3.05, 3.63) is 64.1 Å². The van der Waals surface area contributed by atoms with Gasteiger partial charge in [-0.05, 0) is 24.3 Å². The molecule has 0 saturated heterocycles. The molecule has 0 bridgehead atoms. The Bertz CT molecular complexity index is 736. The highest BCUT2D eigenvalue weighted by Gasteiger charge is 2.21. The quantitative estimate of drug-likeness (QED) is 0.866. The van der Waals surface area contributed by atoms with Crippen molar-refractivity contribution in [2.75, 3.05) is 19.1 Å². The van der Waals surface area contributed by atoms with Crippen molar-refractivity contribution in [3.63, 3.8) is 0 Å². The Hall–Kier alpha value is -2.89. The van der Waals surface area contributed by atoms with Crippen molar-refractivity contribution < 1.29 is 14.3 Å². The Morgan fingerprint density at radius 2 is 1.76 bits per heavy atom. The van der Waals surface area contributed by atoms with Crippen LogP contribution in [0.4, 0.5) is 5.69 Å². The van der Waals surface area contributed by atoms with Crippen molar-refractivity contribution in [1.29, 1.82) is 0 Å². The van der Waals surface area contributed by atoms with Gasteiger partial charge in [-0.1, -0.05) is 12.1 Å². The molecule has 0 radical (unpaired) electrons. The fourth-order valence-corrected chi connectivity index (χ4v) is 1.93. The highest BCUT2D eigenvalue weighted by Crippen LogP contribution is 2.21. The third-order valence-electron chi connectivity index (χ3n) is 3.02. The van der Waals surface area contributed by atoms with Crippen molar-refractivity contribution in [1.82, 2.24) is 4.98 Å². The number of rotatable bonds is 3. The largest absolute Gasteiger partial charge is 0.465 e. The van der Waals surface area contributed by atoms with Crippen LogP contribution in [0.15, 0.2) is 47.4 Å². The summed E-state index contributed by atoms with van der Waals surface area (Å²) in [6.45, 7) is 0. The zero-order valence-electron chi connectivity index (χ0n) is 11.6. The number of carbonyl (C=O) groups is 2. The zero-order chi connectivity index (χ0) is 15.4. The Morgan fingerprint density at radius 3 is 2.43 bits per heavy atom. The summed E-state index contributed by atoms with van der Waals surface area (Å²) in [6.07, 6.45) is 1.45. The Balaban J connectivity index is 2.44. The number of H-pyrrole nitrogens is 1. The van der Waals surface area contributed by atoms with Crippen LogP contribution >= 0.6 is 0 Å². The molecule has 6 nitrogen and oxygen atoms in total. The van der Waals surface area contributed by atoms with E-state index in [0.29, 0.717) is 5.69 Å². The highest BCUT2D eigenvalue weighted by atomic mass is 16.5. The minimum atomic E-state index is -0.549. The maximum absolute atomic E-state index is 12.4. The topological polar surface area (TPSA) is 79.5 Å². The van der Waals surface area contributed by atoms with Crippen LogP contribution in [0, 0.1) is 0 Å². The third-order valence-corrected chi connectivity index (χ3v) is 3.02. The van der Waals surface area contributed by atoms with E-state index in [0.717, 1.165) is 0 Å². The predicted molar refractivity (Wildman–Crippen MR) is 77.6 cm³/mol. The van der Waals surface area contributed by atoms with Crippen LogP contribution in [0.25, 0.3) is 0 Å². The van der Waals surface area contributed by atoms with Gasteiger partial charge in [0.1, 0.15) is 5.56 Å². The van der Waals surface area contributed by atoms with E-state index in [1.807, 2.05) is 0 Å². The average Bonchev–Trinajstić information content (AvgIpc) is 2.53. The molecule has 0 fully saturated rings. The van der Waals surface area contributed by atoms with Crippen LogP contribution in [-0.4, -0.2) is 31.0 Å². The average molecular weight is 286 g/mol. The van der Waals surface area contributed by atoms with E-state index in [1.165, 1.54) is 31.3 Å². The van der Waals surface area contributed by atoms with E-state index in [9.17, 15) is 14.4 Å². The molecule has 0 aliphatic heterocycles. The van der Waals surface area contributed by atoms with Gasteiger partial charge < -0.3 is 14.6 Å². The lowest BCUT2D eigenvalue weighted by atomic mass is 10.1. The Labute approximate surface area is 121 Å². The van der Waals surface area contributed by atoms with E-state index in [4.69, 9.17) is 4.74 Å². The molecule has 1 aromatic heterocycles. The summed E-state index contributed by atoms with van der Waals surface area (Å²) in [6, 6.07) is 9.53. The minimum Gasteiger partial charge on any atom is -0.465 e. The van der Waals surface area contributed by atoms with Gasteiger partial charge in [-0.2, -0.15) is 0 Å². The molecule has 1 amide bonds. The molecule has 2 aromatic rings. The third kappa shape index (κ3) is 2.84. The number of aromatic amines is 1. The summed E-state index contributed by atoms with van der Waals surface area (Å²) in [4.78, 5) is 39.5. The molecule has 0 spiro atoms. The van der Waals surface area contributed by atoms with Gasteiger partial charge in [0.2, 0.25) is 0 Å². The summed E-state index contributed by atoms with van der Waals surface area (Å²) in [7, 11) is 2.76. The van der Waals surface area contributed by atoms with Gasteiger partial charge in [-0.25, -0.2) is 4.79 Å². The summed E-state index contributed by atoms with van der Waals surface area (Å²) in [5.74, 6) is -1.06. The monoisotopic (exact) mass is 286 g/mol. The molecule has 0 aliphatic rings. The summed E-state index contributed by atoms with van der Waals surface area (Å²) >= 11 is 0. The van der Waals surface area contributed by atoms with E-state index >= 15 is 0 Å². The van der Waals surface area contributed by atoms with Crippen LogP contribution in [0.1, 0.15) is 20.7 Å². The molecule has 1 aromatic carbocycles. The fourth-order valence-electron chi connectivity index (χ4n) is 1.93. The van der Waals surface area contributed by atoms with E-state index in [1.54, 1.807) is 30.3 Å². The number of carbonyl (C=O) groups excluding carboxylic acids is 2. The molecule has 21 heavy (non-hydrogen) atoms. The molecule has 0 atom stereocenters. The number of ether oxygens (including phenoxy) is 1. The van der Waals surface area contributed by atoms with Gasteiger partial charge in [0.15, 0.2) is 0 Å². The number of nitrogens with one attached hydrogen (secondary N) is 1. The number of hydrogen-bond donors (Lipinski definition) is 1. The number of methoxy groups -OCH3 is 1. The number of aromatic nitrogens is 1. The van der Waals surface area contributed by atoms with Gasteiger partial charge in [-0.3, -0.25) is 9.59 Å². The lowest BCUT2D eigenvalue weighted by Gasteiger charge is -2.19. The highest BCUT2D eigenvalue weighted by molar-refractivity contribution is 6.09. The second-order valence-electron chi connectivity index (χ2n) is 4.29. The molecule has 0 saturated carbocycles. The van der Waals surface area contributed by atoms with Crippen LogP contribution in [0.5, 0.6) is 0 Å². The number of esters is 1. The first-order chi connectivity index (χ1) is 10.1. The number of benzene rings is 1. The lowest BCUT2D eigenvalue weighted by Crippen LogP contribution is -2.32. The number of amides is 1. The molecule has 6 heteroatoms. The molecule has 1 heterocycles. The fraction of sp³-hybridized carbons (Fsp3) is 0.133. The van der Waals surface area contributed by atoms with Crippen molar-refractivity contribution in [2.45, 2.75) is 0 Å². The van der Waals surface area contributed by atoms with Gasteiger partial charge in [0.25, 0.3) is 11.5 Å². The summed E-state index contributed by atoms with van der Waals surface area (Å²) < 4.78 is 4.69. The van der Waals surface area contributed by atoms with Gasteiger partial charge >= 0.3 is 5.97 Å². The van der Waals surface area contributed by atoms with Crippen molar-refractivity contribution >= 4 is 17.6 Å². The van der Waals surface area contributed by atoms with Crippen molar-refractivity contribution in [2.24, 2.45) is 0 Å². The van der Waals surface area contributed by atoms with E-state index < -0.39 is 17.4 Å². The van der Waals surface area contributed by atoms with Crippen LogP contribution in [0.2, 0.25) is 0 Å². The second kappa shape index (κ2) is 6.04. The van der Waals surface area contributed by atoms with Gasteiger partial charge in [0, 0.05) is 13.2 Å². The Kier molecular flexibility index (Phi) is 4.18. The first-order valence-electron chi connectivity index (χ1n) is 6.19. The lowest BCUT2D eigenvalue weighted by molar-refractivity contribution is 0.0601. The first-order valence-corrected chi connectivity index (χ1v) is 6.19. The zero-order valence-corrected chi connectivity index (χ0v) is 11.6. The second-order valence-corrected chi connectivity index (χ2v) is 4.29. The molecule has 2 rings (SSSR count). The smallest absolute Gasteiger partial charge is 0.339 e. The molecule has 0 aliphatic carbocycles. The first kappa shape index (κ1) is 14.5. The van der Waals surface area contributed by atoms with Gasteiger partial charge in [0.05, 0.1) is 18.4 Å². The Morgan fingerprint density at radius 1 is 1.10 bits per heavy atom. The van der Waals surface area contributed by atoms with Crippen molar-refractivity contribution in [3.8, 4) is 0 Å². The van der Waals surface area contributed by atoms with Gasteiger partial charge in [-0.15, -0.1) is 0 Å². The maximum atomic E-state index is 12.4. The SMILES string of the molecule is COC(=O)c1ccccc1N(C)C(=O)c1ccc[nH]c1=O. The minimum absolute atomic E-state index is 0.000307. The molecular formula is C15H14N2O4. The number of para-hydroxylation sites is 1. The van der Waals surface area contributed by atoms with Crippen LogP contribution in [-0.2, 0) is 4.74 Å². The number of hydrogen-bond acceptors (Lipinski definition) is 4. The van der Waals surface area contributed by atoms with Crippen LogP contribution in [0.3, 0.4) is 0 Å². The van der Waals surface area contributed by atoms with Crippen LogP contribution < -0.4 is 10.5 Å². The van der Waals surface area contributed by atoms with E-state index in [-0.39, 0.29) is 11.1 Å². The van der Waals surface area contributed by atoms with E-state index in [2.05, 4.69) is 4.98 Å². The standard InChI is InChI=1S/C15H14N2O4/c1-17(14(19)11-7-5-9-16-13(11)18)12-8-4-3-6-10(12)15(20)21-2/h3-9H,1-2H3,(H,16,18). The molecule has 0 unspecified atom stereocenters. The molecule has 1 N–H and O–H groups in total. The summed E-state index contributed by atoms with van der Waals surface area (Å²) in [5, 5.41) is 0. The number of nitrogens with zero attached hydrogens (tertiary/aromatic N) is 1. The normalized spacial score (nSPS) is 10.0. The molecular weight excluding hydrogens is 272 g/mol. The summed E-state index contributed by atoms with van der Waals surface area (Å²) in [5.41, 5.74) is 0.144. The maximum Gasteiger partial charge on any atom is 0.339 e. The predicted octanol–water partition coefficient (Wildman–Crippen LogP) is 1.44. The molecule has 108 valence electrons. The number of anilines is 1. The number of pyridine rings is 1.